The fourth-order valence-corrected chi connectivity index (χ4v) is 3.28. The maximum Gasteiger partial charge on any atom is 0.423 e. The van der Waals surface area contributed by atoms with Gasteiger partial charge in [0.1, 0.15) is 12.2 Å². The van der Waals surface area contributed by atoms with Gasteiger partial charge in [0.05, 0.1) is 29.5 Å². The molecule has 0 aliphatic carbocycles. The van der Waals surface area contributed by atoms with Gasteiger partial charge < -0.3 is 14.6 Å². The Bertz CT molecular complexity index is 1220. The average molecular weight is 412 g/mol. The molecule has 0 bridgehead atoms. The lowest BCUT2D eigenvalue weighted by Gasteiger charge is -2.26. The van der Waals surface area contributed by atoms with Crippen LogP contribution in [0.1, 0.15) is 20.8 Å². The van der Waals surface area contributed by atoms with Crippen LogP contribution in [-0.4, -0.2) is 50.2 Å². The first-order chi connectivity index (χ1) is 14.2. The van der Waals surface area contributed by atoms with E-state index in [1.807, 2.05) is 0 Å². The Morgan fingerprint density at radius 3 is 2.57 bits per heavy atom. The number of ether oxygens (including phenoxy) is 2. The van der Waals surface area contributed by atoms with E-state index < -0.39 is 23.5 Å². The molecule has 0 spiro atoms. The Hall–Kier alpha value is -3.82. The molecule has 1 aliphatic rings. The van der Waals surface area contributed by atoms with Crippen LogP contribution in [0.3, 0.4) is 0 Å². The van der Waals surface area contributed by atoms with Crippen LogP contribution >= 0.6 is 0 Å². The molecule has 156 valence electrons. The van der Waals surface area contributed by atoms with Gasteiger partial charge in [-0.1, -0.05) is 12.1 Å². The maximum absolute atomic E-state index is 13.2. The lowest BCUT2D eigenvalue weighted by Crippen LogP contribution is -2.37. The Morgan fingerprint density at radius 2 is 1.90 bits per heavy atom. The number of para-hydroxylation sites is 2. The fourth-order valence-electron chi connectivity index (χ4n) is 3.28. The number of pyridine rings is 1. The zero-order valence-electron chi connectivity index (χ0n) is 16.7. The summed E-state index contributed by atoms with van der Waals surface area (Å²) in [7, 11) is 0. The largest absolute Gasteiger partial charge is 0.488 e. The zero-order valence-corrected chi connectivity index (χ0v) is 16.7. The van der Waals surface area contributed by atoms with Crippen molar-refractivity contribution < 1.29 is 24.2 Å². The minimum absolute atomic E-state index is 0.154. The maximum atomic E-state index is 13.2. The van der Waals surface area contributed by atoms with Crippen molar-refractivity contribution in [1.29, 1.82) is 0 Å². The van der Waals surface area contributed by atoms with E-state index in [0.717, 1.165) is 9.47 Å². The number of anilines is 1. The smallest absolute Gasteiger partial charge is 0.423 e. The van der Waals surface area contributed by atoms with E-state index in [1.54, 1.807) is 45.0 Å². The third-order valence-electron chi connectivity index (χ3n) is 4.46. The van der Waals surface area contributed by atoms with E-state index in [0.29, 0.717) is 16.7 Å². The molecule has 3 heterocycles. The van der Waals surface area contributed by atoms with E-state index in [-0.39, 0.29) is 24.7 Å². The quantitative estimate of drug-likeness (QED) is 0.653. The monoisotopic (exact) mass is 412 g/mol. The van der Waals surface area contributed by atoms with Crippen molar-refractivity contribution in [3.8, 4) is 11.4 Å². The lowest BCUT2D eigenvalue weighted by molar-refractivity contribution is 0.0537. The summed E-state index contributed by atoms with van der Waals surface area (Å²) in [4.78, 5) is 42.6. The molecule has 10 heteroatoms. The van der Waals surface area contributed by atoms with E-state index in [2.05, 4.69) is 4.98 Å². The molecule has 4 rings (SSSR count). The highest BCUT2D eigenvalue weighted by atomic mass is 16.6. The van der Waals surface area contributed by atoms with Crippen molar-refractivity contribution in [3.63, 3.8) is 0 Å². The normalized spacial score (nSPS) is 13.6. The first-order valence-electron chi connectivity index (χ1n) is 9.27. The molecular formula is C20H20N4O6. The van der Waals surface area contributed by atoms with Gasteiger partial charge in [-0.3, -0.25) is 9.47 Å². The first-order valence-corrected chi connectivity index (χ1v) is 9.27. The molecule has 1 aliphatic heterocycles. The van der Waals surface area contributed by atoms with Gasteiger partial charge in [0.25, 0.3) is 0 Å². The highest BCUT2D eigenvalue weighted by molar-refractivity contribution is 5.89. The Labute approximate surface area is 170 Å². The van der Waals surface area contributed by atoms with Crippen LogP contribution < -0.4 is 15.3 Å². The van der Waals surface area contributed by atoms with Gasteiger partial charge in [0.2, 0.25) is 0 Å². The van der Waals surface area contributed by atoms with Gasteiger partial charge in [-0.25, -0.2) is 19.4 Å². The van der Waals surface area contributed by atoms with Gasteiger partial charge in [-0.15, -0.1) is 0 Å². The standard InChI is InChI=1S/C20H20N4O6/c1-20(2,3)30-19(28)24-14-7-5-4-6-13(14)23(17(24)25)12-10-15-16(21-11-12)22(18(26)27)8-9-29-15/h4-7,10-11H,8-9H2,1-3H3,(H,26,27). The number of benzene rings is 1. The summed E-state index contributed by atoms with van der Waals surface area (Å²) in [6.07, 6.45) is -0.559. The number of aromatic nitrogens is 3. The third-order valence-corrected chi connectivity index (χ3v) is 4.46. The number of carbonyl (C=O) groups excluding carboxylic acids is 1. The summed E-state index contributed by atoms with van der Waals surface area (Å²) in [5.41, 5.74) is -0.215. The molecule has 1 aromatic carbocycles. The highest BCUT2D eigenvalue weighted by Crippen LogP contribution is 2.31. The molecule has 0 saturated heterocycles. The van der Waals surface area contributed by atoms with Crippen LogP contribution in [0.5, 0.6) is 5.75 Å². The number of hydrogen-bond acceptors (Lipinski definition) is 6. The molecule has 0 fully saturated rings. The number of imidazole rings is 1. The number of amides is 1. The number of nitrogens with zero attached hydrogens (tertiary/aromatic N) is 4. The van der Waals surface area contributed by atoms with E-state index in [9.17, 15) is 19.5 Å². The number of hydrogen-bond donors (Lipinski definition) is 1. The second-order valence-electron chi connectivity index (χ2n) is 7.72. The van der Waals surface area contributed by atoms with Crippen LogP contribution in [0.15, 0.2) is 41.3 Å². The molecule has 3 aromatic rings. The molecule has 2 aromatic heterocycles. The number of rotatable bonds is 1. The van der Waals surface area contributed by atoms with Gasteiger partial charge in [-0.05, 0) is 32.9 Å². The van der Waals surface area contributed by atoms with E-state index in [1.165, 1.54) is 16.8 Å². The SMILES string of the molecule is CC(C)(C)OC(=O)n1c(=O)n(-c2cnc3c(c2)OCCN3C(=O)O)c2ccccc21. The number of carbonyl (C=O) groups is 2. The number of carboxylic acid groups (broad SMARTS) is 1. The molecular weight excluding hydrogens is 392 g/mol. The summed E-state index contributed by atoms with van der Waals surface area (Å²) >= 11 is 0. The van der Waals surface area contributed by atoms with Gasteiger partial charge in [0, 0.05) is 6.07 Å². The van der Waals surface area contributed by atoms with Crippen LogP contribution in [0, 0.1) is 0 Å². The predicted octanol–water partition coefficient (Wildman–Crippen LogP) is 2.85. The zero-order chi connectivity index (χ0) is 21.6. The lowest BCUT2D eigenvalue weighted by atomic mass is 10.2. The van der Waals surface area contributed by atoms with Gasteiger partial charge in [-0.2, -0.15) is 4.57 Å². The summed E-state index contributed by atoms with van der Waals surface area (Å²) in [6, 6.07) is 8.33. The highest BCUT2D eigenvalue weighted by Gasteiger charge is 2.28. The predicted molar refractivity (Wildman–Crippen MR) is 108 cm³/mol. The molecule has 0 radical (unpaired) electrons. The Balaban J connectivity index is 1.89. The van der Waals surface area contributed by atoms with Crippen molar-refractivity contribution >= 4 is 29.0 Å². The fraction of sp³-hybridized carbons (Fsp3) is 0.300. The Morgan fingerprint density at radius 1 is 1.20 bits per heavy atom. The van der Waals surface area contributed by atoms with Crippen LogP contribution in [0.2, 0.25) is 0 Å². The second kappa shape index (κ2) is 6.90. The Kier molecular flexibility index (Phi) is 4.49. The molecule has 1 N–H and O–H groups in total. The van der Waals surface area contributed by atoms with Crippen LogP contribution in [0.25, 0.3) is 16.7 Å². The number of fused-ring (bicyclic) bond motifs is 2. The average Bonchev–Trinajstić information content (AvgIpc) is 2.97. The third kappa shape index (κ3) is 3.25. The van der Waals surface area contributed by atoms with E-state index in [4.69, 9.17) is 9.47 Å². The molecule has 0 unspecified atom stereocenters. The van der Waals surface area contributed by atoms with Crippen molar-refractivity contribution in [2.45, 2.75) is 26.4 Å². The van der Waals surface area contributed by atoms with Gasteiger partial charge in [0.15, 0.2) is 11.6 Å². The summed E-state index contributed by atoms with van der Waals surface area (Å²) < 4.78 is 13.2. The summed E-state index contributed by atoms with van der Waals surface area (Å²) in [6.45, 7) is 5.47. The topological polar surface area (TPSA) is 116 Å². The molecule has 0 saturated carbocycles. The molecule has 0 atom stereocenters. The molecule has 10 nitrogen and oxygen atoms in total. The van der Waals surface area contributed by atoms with Gasteiger partial charge >= 0.3 is 17.9 Å². The molecule has 30 heavy (non-hydrogen) atoms. The van der Waals surface area contributed by atoms with Crippen LogP contribution in [0.4, 0.5) is 15.4 Å². The molecule has 1 amide bonds. The summed E-state index contributed by atoms with van der Waals surface area (Å²) in [5, 5.41) is 9.33. The minimum atomic E-state index is -1.14. The summed E-state index contributed by atoms with van der Waals surface area (Å²) in [5.74, 6) is 0.392. The minimum Gasteiger partial charge on any atom is -0.488 e. The van der Waals surface area contributed by atoms with Crippen molar-refractivity contribution in [1.82, 2.24) is 14.1 Å². The second-order valence-corrected chi connectivity index (χ2v) is 7.72. The van der Waals surface area contributed by atoms with Crippen molar-refractivity contribution in [2.75, 3.05) is 18.1 Å². The van der Waals surface area contributed by atoms with E-state index >= 15 is 0 Å². The van der Waals surface area contributed by atoms with Crippen molar-refractivity contribution in [2.24, 2.45) is 0 Å². The first kappa shape index (κ1) is 19.5. The van der Waals surface area contributed by atoms with Crippen molar-refractivity contribution in [3.05, 3.63) is 47.0 Å². The van der Waals surface area contributed by atoms with Crippen LogP contribution in [-0.2, 0) is 4.74 Å².